The van der Waals surface area contributed by atoms with Gasteiger partial charge in [0.2, 0.25) is 5.82 Å². The maximum atomic E-state index is 13.6. The van der Waals surface area contributed by atoms with Gasteiger partial charge >= 0.3 is 6.18 Å². The van der Waals surface area contributed by atoms with Crippen molar-refractivity contribution in [2.45, 2.75) is 13.1 Å². The van der Waals surface area contributed by atoms with Crippen molar-refractivity contribution in [2.75, 3.05) is 12.4 Å². The van der Waals surface area contributed by atoms with Crippen molar-refractivity contribution in [2.24, 2.45) is 0 Å². The highest BCUT2D eigenvalue weighted by atomic mass is 19.4. The van der Waals surface area contributed by atoms with E-state index in [1.54, 1.807) is 18.2 Å². The Balaban J connectivity index is 1.77. The summed E-state index contributed by atoms with van der Waals surface area (Å²) < 4.78 is 51.5. The van der Waals surface area contributed by atoms with E-state index in [4.69, 9.17) is 9.15 Å². The van der Waals surface area contributed by atoms with E-state index in [1.807, 2.05) is 6.92 Å². The number of methoxy groups -OCH3 is 1. The number of ether oxygens (including phenoxy) is 1. The summed E-state index contributed by atoms with van der Waals surface area (Å²) in [5.41, 5.74) is -0.0436. The van der Waals surface area contributed by atoms with Crippen molar-refractivity contribution in [3.63, 3.8) is 0 Å². The van der Waals surface area contributed by atoms with Gasteiger partial charge in [-0.05, 0) is 42.8 Å². The van der Waals surface area contributed by atoms with Crippen LogP contribution in [0.2, 0.25) is 0 Å². The van der Waals surface area contributed by atoms with E-state index < -0.39 is 29.4 Å². The second-order valence-electron chi connectivity index (χ2n) is 6.31. The van der Waals surface area contributed by atoms with Crippen LogP contribution in [0.4, 0.5) is 18.9 Å². The SMILES string of the molecule is COc1ccc(C)cc1NC(=O)c1nc2nc(-c3ccco3)cc(C(F)(F)F)n2n1. The van der Waals surface area contributed by atoms with E-state index in [-0.39, 0.29) is 11.5 Å². The molecule has 0 radical (unpaired) electrons. The number of carbonyl (C=O) groups is 1. The Morgan fingerprint density at radius 3 is 2.67 bits per heavy atom. The molecule has 0 aliphatic heterocycles. The molecule has 0 unspecified atom stereocenters. The normalized spacial score (nSPS) is 11.6. The molecule has 0 atom stereocenters. The quantitative estimate of drug-likeness (QED) is 0.540. The molecule has 1 N–H and O–H groups in total. The number of hydrogen-bond acceptors (Lipinski definition) is 6. The highest BCUT2D eigenvalue weighted by Gasteiger charge is 2.36. The summed E-state index contributed by atoms with van der Waals surface area (Å²) in [6, 6.07) is 8.86. The van der Waals surface area contributed by atoms with Gasteiger partial charge in [0.05, 0.1) is 19.1 Å². The zero-order valence-corrected chi connectivity index (χ0v) is 15.7. The number of halogens is 3. The molecule has 0 fully saturated rings. The van der Waals surface area contributed by atoms with Crippen molar-refractivity contribution in [3.05, 3.63) is 59.7 Å². The van der Waals surface area contributed by atoms with Crippen LogP contribution in [0.15, 0.2) is 47.1 Å². The summed E-state index contributed by atoms with van der Waals surface area (Å²) in [6.07, 6.45) is -3.45. The lowest BCUT2D eigenvalue weighted by atomic mass is 10.2. The maximum Gasteiger partial charge on any atom is 0.433 e. The molecular formula is C19H14F3N5O3. The van der Waals surface area contributed by atoms with Crippen LogP contribution in [0.3, 0.4) is 0 Å². The fourth-order valence-corrected chi connectivity index (χ4v) is 2.81. The van der Waals surface area contributed by atoms with E-state index in [0.29, 0.717) is 16.0 Å². The zero-order chi connectivity index (χ0) is 21.5. The molecule has 3 heterocycles. The molecule has 0 aliphatic carbocycles. The van der Waals surface area contributed by atoms with Gasteiger partial charge in [0.15, 0.2) is 11.5 Å². The van der Waals surface area contributed by atoms with Crippen LogP contribution < -0.4 is 10.1 Å². The van der Waals surface area contributed by atoms with Gasteiger partial charge in [0, 0.05) is 0 Å². The van der Waals surface area contributed by atoms with E-state index in [2.05, 4.69) is 20.4 Å². The number of nitrogens with one attached hydrogen (secondary N) is 1. The predicted octanol–water partition coefficient (Wildman–Crippen LogP) is 3.97. The van der Waals surface area contributed by atoms with Crippen molar-refractivity contribution in [3.8, 4) is 17.2 Å². The van der Waals surface area contributed by atoms with Crippen LogP contribution in [0.25, 0.3) is 17.2 Å². The molecule has 1 amide bonds. The Labute approximate surface area is 167 Å². The van der Waals surface area contributed by atoms with E-state index in [0.717, 1.165) is 11.6 Å². The first-order chi connectivity index (χ1) is 14.3. The van der Waals surface area contributed by atoms with Crippen molar-refractivity contribution < 1.29 is 27.1 Å². The number of amides is 1. The molecule has 8 nitrogen and oxygen atoms in total. The summed E-state index contributed by atoms with van der Waals surface area (Å²) in [7, 11) is 1.43. The zero-order valence-electron chi connectivity index (χ0n) is 15.7. The van der Waals surface area contributed by atoms with Gasteiger partial charge < -0.3 is 14.5 Å². The predicted molar refractivity (Wildman–Crippen MR) is 99.2 cm³/mol. The molecule has 11 heteroatoms. The molecule has 4 rings (SSSR count). The standard InChI is InChI=1S/C19H14F3N5O3/c1-10-5-6-13(29-2)11(8-10)23-17(28)16-25-18-24-12(14-4-3-7-30-14)9-15(19(20,21)22)27(18)26-16/h3-9H,1-2H3,(H,23,28). The van der Waals surface area contributed by atoms with Gasteiger partial charge in [-0.3, -0.25) is 4.79 Å². The molecule has 3 aromatic heterocycles. The second kappa shape index (κ2) is 7.17. The number of furan rings is 1. The molecule has 0 saturated heterocycles. The summed E-state index contributed by atoms with van der Waals surface area (Å²) in [5.74, 6) is -1.17. The first-order valence-electron chi connectivity index (χ1n) is 8.61. The van der Waals surface area contributed by atoms with E-state index in [9.17, 15) is 18.0 Å². The Bertz CT molecular complexity index is 1230. The van der Waals surface area contributed by atoms with E-state index in [1.165, 1.54) is 25.5 Å². The van der Waals surface area contributed by atoms with Gasteiger partial charge in [-0.2, -0.15) is 22.7 Å². The van der Waals surface area contributed by atoms with Gasteiger partial charge in [-0.1, -0.05) is 6.07 Å². The minimum Gasteiger partial charge on any atom is -0.495 e. The van der Waals surface area contributed by atoms with Crippen LogP contribution in [0, 0.1) is 6.92 Å². The van der Waals surface area contributed by atoms with Crippen LogP contribution in [-0.4, -0.2) is 32.6 Å². The Morgan fingerprint density at radius 2 is 2.00 bits per heavy atom. The average molecular weight is 417 g/mol. The largest absolute Gasteiger partial charge is 0.495 e. The molecule has 154 valence electrons. The lowest BCUT2D eigenvalue weighted by molar-refractivity contribution is -0.142. The monoisotopic (exact) mass is 417 g/mol. The molecule has 0 saturated carbocycles. The van der Waals surface area contributed by atoms with Gasteiger partial charge in [-0.15, -0.1) is 5.10 Å². The lowest BCUT2D eigenvalue weighted by Gasteiger charge is -2.09. The molecule has 30 heavy (non-hydrogen) atoms. The molecule has 0 bridgehead atoms. The van der Waals surface area contributed by atoms with Gasteiger partial charge in [0.25, 0.3) is 11.7 Å². The van der Waals surface area contributed by atoms with E-state index >= 15 is 0 Å². The number of rotatable bonds is 4. The third-order valence-electron chi connectivity index (χ3n) is 4.18. The van der Waals surface area contributed by atoms with Gasteiger partial charge in [-0.25, -0.2) is 4.98 Å². The number of nitrogens with zero attached hydrogens (tertiary/aromatic N) is 4. The molecule has 4 aromatic rings. The topological polar surface area (TPSA) is 94.5 Å². The van der Waals surface area contributed by atoms with Crippen LogP contribution in [-0.2, 0) is 6.18 Å². The fourth-order valence-electron chi connectivity index (χ4n) is 2.81. The van der Waals surface area contributed by atoms with Crippen molar-refractivity contribution in [1.29, 1.82) is 0 Å². The molecule has 0 aliphatic rings. The number of anilines is 1. The highest BCUT2D eigenvalue weighted by molar-refractivity contribution is 6.02. The average Bonchev–Trinajstić information content (AvgIpc) is 3.36. The highest BCUT2D eigenvalue weighted by Crippen LogP contribution is 2.32. The number of alkyl halides is 3. The lowest BCUT2D eigenvalue weighted by Crippen LogP contribution is -2.16. The number of aryl methyl sites for hydroxylation is 1. The number of hydrogen-bond donors (Lipinski definition) is 1. The smallest absolute Gasteiger partial charge is 0.433 e. The molecule has 0 spiro atoms. The van der Waals surface area contributed by atoms with Crippen LogP contribution in [0.1, 0.15) is 21.9 Å². The first kappa shape index (κ1) is 19.4. The third kappa shape index (κ3) is 3.56. The molecular weight excluding hydrogens is 403 g/mol. The number of carbonyl (C=O) groups excluding carboxylic acids is 1. The van der Waals surface area contributed by atoms with Crippen LogP contribution >= 0.6 is 0 Å². The fraction of sp³-hybridized carbons (Fsp3) is 0.158. The summed E-state index contributed by atoms with van der Waals surface area (Å²) in [4.78, 5) is 20.5. The third-order valence-corrected chi connectivity index (χ3v) is 4.18. The van der Waals surface area contributed by atoms with Crippen molar-refractivity contribution >= 4 is 17.4 Å². The minimum atomic E-state index is -4.76. The second-order valence-corrected chi connectivity index (χ2v) is 6.31. The Morgan fingerprint density at radius 1 is 1.20 bits per heavy atom. The Hall–Kier alpha value is -3.89. The van der Waals surface area contributed by atoms with Gasteiger partial charge in [0.1, 0.15) is 11.4 Å². The number of benzene rings is 1. The number of aromatic nitrogens is 4. The maximum absolute atomic E-state index is 13.6. The summed E-state index contributed by atoms with van der Waals surface area (Å²) in [6.45, 7) is 1.81. The number of fused-ring (bicyclic) bond motifs is 1. The van der Waals surface area contributed by atoms with Crippen LogP contribution in [0.5, 0.6) is 5.75 Å². The summed E-state index contributed by atoms with van der Waals surface area (Å²) in [5, 5.41) is 6.27. The minimum absolute atomic E-state index is 0.0838. The molecule has 1 aromatic carbocycles. The van der Waals surface area contributed by atoms with Crippen molar-refractivity contribution in [1.82, 2.24) is 19.6 Å². The summed E-state index contributed by atoms with van der Waals surface area (Å²) >= 11 is 0. The first-order valence-corrected chi connectivity index (χ1v) is 8.61. The Kier molecular flexibility index (Phi) is 4.65.